The van der Waals surface area contributed by atoms with E-state index in [1.54, 1.807) is 0 Å². The van der Waals surface area contributed by atoms with Gasteiger partial charge in [0.15, 0.2) is 5.69 Å². The lowest BCUT2D eigenvalue weighted by atomic mass is 10.2. The molecule has 0 bridgehead atoms. The smallest absolute Gasteiger partial charge is 0.406 e. The van der Waals surface area contributed by atoms with Gasteiger partial charge in [0, 0.05) is 43.6 Å². The Balaban J connectivity index is 1.28. The third-order valence-corrected chi connectivity index (χ3v) is 6.26. The number of hydrogen-bond acceptors (Lipinski definition) is 8. The molecule has 0 radical (unpaired) electrons. The second-order valence-corrected chi connectivity index (χ2v) is 8.77. The van der Waals surface area contributed by atoms with E-state index in [4.69, 9.17) is 4.52 Å². The maximum absolute atomic E-state index is 12.4. The summed E-state index contributed by atoms with van der Waals surface area (Å²) in [6.45, 7) is 9.70. The van der Waals surface area contributed by atoms with Crippen LogP contribution >= 0.6 is 0 Å². The lowest BCUT2D eigenvalue weighted by Gasteiger charge is -2.34. The minimum atomic E-state index is -4.75. The zero-order chi connectivity index (χ0) is 26.0. The fourth-order valence-corrected chi connectivity index (χ4v) is 4.22. The lowest BCUT2D eigenvalue weighted by Crippen LogP contribution is -2.46. The van der Waals surface area contributed by atoms with Crippen molar-refractivity contribution in [2.45, 2.75) is 26.8 Å². The molecule has 194 valence electrons. The molecule has 0 spiro atoms. The van der Waals surface area contributed by atoms with E-state index < -0.39 is 6.36 Å². The first kappa shape index (κ1) is 24.8. The highest BCUT2D eigenvalue weighted by atomic mass is 19.4. The summed E-state index contributed by atoms with van der Waals surface area (Å²) < 4.78 is 48.3. The van der Waals surface area contributed by atoms with Crippen LogP contribution in [0.4, 0.5) is 19.0 Å². The van der Waals surface area contributed by atoms with Crippen molar-refractivity contribution in [2.24, 2.45) is 0 Å². The Kier molecular flexibility index (Phi) is 6.83. The summed E-state index contributed by atoms with van der Waals surface area (Å²) in [5.74, 6) is 1.10. The molecule has 1 aromatic carbocycles. The second-order valence-electron chi connectivity index (χ2n) is 8.77. The number of likely N-dealkylation sites (N-methyl/N-ethyl adjacent to an activating group) is 1. The van der Waals surface area contributed by atoms with Gasteiger partial charge in [0.05, 0.1) is 6.54 Å². The minimum absolute atomic E-state index is 0.219. The molecule has 37 heavy (non-hydrogen) atoms. The number of ether oxygens (including phenoxy) is 1. The predicted octanol–water partition coefficient (Wildman–Crippen LogP) is 4.39. The Morgan fingerprint density at radius 3 is 2.49 bits per heavy atom. The highest BCUT2D eigenvalue weighted by molar-refractivity contribution is 5.59. The van der Waals surface area contributed by atoms with E-state index in [0.717, 1.165) is 49.8 Å². The number of rotatable bonds is 7. The zero-order valence-electron chi connectivity index (χ0n) is 20.4. The van der Waals surface area contributed by atoms with E-state index in [1.807, 2.05) is 29.9 Å². The number of pyridine rings is 1. The van der Waals surface area contributed by atoms with Gasteiger partial charge in [0.1, 0.15) is 11.6 Å². The molecular weight excluding hydrogens is 487 g/mol. The van der Waals surface area contributed by atoms with Crippen LogP contribution < -0.4 is 9.64 Å². The van der Waals surface area contributed by atoms with Gasteiger partial charge in [0.25, 0.3) is 5.89 Å². The fourth-order valence-electron chi connectivity index (χ4n) is 4.22. The molecule has 3 aromatic heterocycles. The number of halogens is 3. The van der Waals surface area contributed by atoms with Crippen LogP contribution in [0.25, 0.3) is 23.0 Å². The van der Waals surface area contributed by atoms with Gasteiger partial charge in [-0.1, -0.05) is 12.1 Å². The van der Waals surface area contributed by atoms with Crippen LogP contribution in [0.5, 0.6) is 5.75 Å². The molecule has 0 amide bonds. The van der Waals surface area contributed by atoms with E-state index >= 15 is 0 Å². The number of benzene rings is 1. The Hall–Kier alpha value is -3.93. The molecule has 1 aliphatic rings. The third kappa shape index (κ3) is 5.91. The van der Waals surface area contributed by atoms with Crippen molar-refractivity contribution in [3.8, 4) is 28.7 Å². The van der Waals surface area contributed by atoms with Gasteiger partial charge in [-0.2, -0.15) is 10.1 Å². The highest BCUT2D eigenvalue weighted by Gasteiger charge is 2.31. The fraction of sp³-hybridized carbons (Fsp3) is 0.360. The quantitative estimate of drug-likeness (QED) is 0.360. The van der Waals surface area contributed by atoms with Crippen molar-refractivity contribution in [3.63, 3.8) is 0 Å². The van der Waals surface area contributed by atoms with Gasteiger partial charge in [-0.05, 0) is 61.5 Å². The summed E-state index contributed by atoms with van der Waals surface area (Å²) >= 11 is 0. The Morgan fingerprint density at radius 2 is 1.78 bits per heavy atom. The summed E-state index contributed by atoms with van der Waals surface area (Å²) in [6, 6.07) is 11.2. The van der Waals surface area contributed by atoms with Crippen LogP contribution in [-0.4, -0.2) is 68.9 Å². The standard InChI is InChI=1S/C25H26F3N7O2/c1-3-33-10-12-34(13-11-33)22-15-18(8-9-29-22)16-35-17(2)14-21(31-35)24-30-23(32-37-24)19-4-6-20(7-5-19)36-25(26,27)28/h4-9,14-15H,3,10-13,16H2,1-2H3. The van der Waals surface area contributed by atoms with Gasteiger partial charge in [-0.25, -0.2) is 4.98 Å². The van der Waals surface area contributed by atoms with Crippen LogP contribution in [0.1, 0.15) is 18.2 Å². The van der Waals surface area contributed by atoms with Crippen molar-refractivity contribution in [1.82, 2.24) is 29.8 Å². The molecule has 0 atom stereocenters. The summed E-state index contributed by atoms with van der Waals surface area (Å²) in [6.07, 6.45) is -2.93. The maximum Gasteiger partial charge on any atom is 0.573 e. The van der Waals surface area contributed by atoms with Gasteiger partial charge in [0.2, 0.25) is 5.82 Å². The molecule has 0 saturated carbocycles. The highest BCUT2D eigenvalue weighted by Crippen LogP contribution is 2.27. The molecule has 1 fully saturated rings. The first-order valence-electron chi connectivity index (χ1n) is 11.9. The van der Waals surface area contributed by atoms with Gasteiger partial charge in [-0.3, -0.25) is 4.68 Å². The molecule has 5 rings (SSSR count). The van der Waals surface area contributed by atoms with Crippen LogP contribution in [0.2, 0.25) is 0 Å². The van der Waals surface area contributed by atoms with Crippen molar-refractivity contribution in [3.05, 3.63) is 59.9 Å². The van der Waals surface area contributed by atoms with Crippen molar-refractivity contribution in [1.29, 1.82) is 0 Å². The van der Waals surface area contributed by atoms with Crippen LogP contribution in [0, 0.1) is 6.92 Å². The van der Waals surface area contributed by atoms with E-state index in [0.29, 0.717) is 17.8 Å². The van der Waals surface area contributed by atoms with E-state index in [1.165, 1.54) is 24.3 Å². The summed E-state index contributed by atoms with van der Waals surface area (Å²) in [5.41, 5.74) is 2.99. The maximum atomic E-state index is 12.4. The predicted molar refractivity (Wildman–Crippen MR) is 130 cm³/mol. The molecule has 4 heterocycles. The molecule has 9 nitrogen and oxygen atoms in total. The van der Waals surface area contributed by atoms with Crippen LogP contribution in [0.15, 0.2) is 53.2 Å². The van der Waals surface area contributed by atoms with Crippen molar-refractivity contribution in [2.75, 3.05) is 37.6 Å². The number of aromatic nitrogens is 5. The molecule has 12 heteroatoms. The SMILES string of the molecule is CCN1CCN(c2cc(Cn3nc(-c4nc(-c5ccc(OC(F)(F)F)cc5)no4)cc3C)ccn2)CC1. The summed E-state index contributed by atoms with van der Waals surface area (Å²) in [4.78, 5) is 13.7. The largest absolute Gasteiger partial charge is 0.573 e. The van der Waals surface area contributed by atoms with E-state index in [9.17, 15) is 13.2 Å². The Labute approximate surface area is 211 Å². The monoisotopic (exact) mass is 513 g/mol. The number of alkyl halides is 3. The summed E-state index contributed by atoms with van der Waals surface area (Å²) in [7, 11) is 0. The zero-order valence-corrected chi connectivity index (χ0v) is 20.4. The van der Waals surface area contributed by atoms with Crippen molar-refractivity contribution < 1.29 is 22.4 Å². The number of hydrogen-bond donors (Lipinski definition) is 0. The van der Waals surface area contributed by atoms with Crippen molar-refractivity contribution >= 4 is 5.82 Å². The first-order valence-corrected chi connectivity index (χ1v) is 11.9. The second kappa shape index (κ2) is 10.2. The Bertz CT molecular complexity index is 1340. The third-order valence-electron chi connectivity index (χ3n) is 6.26. The topological polar surface area (TPSA) is 85.3 Å². The van der Waals surface area contributed by atoms with Gasteiger partial charge in [-0.15, -0.1) is 13.2 Å². The molecular formula is C25H26F3N7O2. The van der Waals surface area contributed by atoms with E-state index in [2.05, 4.69) is 47.8 Å². The summed E-state index contributed by atoms with van der Waals surface area (Å²) in [5, 5.41) is 8.58. The first-order chi connectivity index (χ1) is 17.8. The number of nitrogens with zero attached hydrogens (tertiary/aromatic N) is 7. The van der Waals surface area contributed by atoms with Crippen LogP contribution in [-0.2, 0) is 6.54 Å². The average Bonchev–Trinajstić information content (AvgIpc) is 3.51. The lowest BCUT2D eigenvalue weighted by molar-refractivity contribution is -0.274. The number of anilines is 1. The normalized spacial score (nSPS) is 14.8. The van der Waals surface area contributed by atoms with Gasteiger partial charge < -0.3 is 19.1 Å². The molecule has 1 saturated heterocycles. The number of aryl methyl sites for hydroxylation is 1. The minimum Gasteiger partial charge on any atom is -0.406 e. The number of piperazine rings is 1. The molecule has 1 aliphatic heterocycles. The average molecular weight is 514 g/mol. The molecule has 0 N–H and O–H groups in total. The molecule has 4 aromatic rings. The Morgan fingerprint density at radius 1 is 1.03 bits per heavy atom. The molecule has 0 unspecified atom stereocenters. The van der Waals surface area contributed by atoms with Crippen LogP contribution in [0.3, 0.4) is 0 Å². The van der Waals surface area contributed by atoms with Gasteiger partial charge >= 0.3 is 6.36 Å². The molecule has 0 aliphatic carbocycles. The van der Waals surface area contributed by atoms with E-state index in [-0.39, 0.29) is 17.5 Å².